The van der Waals surface area contributed by atoms with E-state index in [-0.39, 0.29) is 17.2 Å². The van der Waals surface area contributed by atoms with Gasteiger partial charge in [-0.2, -0.15) is 0 Å². The van der Waals surface area contributed by atoms with Crippen LogP contribution in [0.1, 0.15) is 0 Å². The van der Waals surface area contributed by atoms with Crippen molar-refractivity contribution in [3.63, 3.8) is 0 Å². The average molecular weight is 266 g/mol. The van der Waals surface area contributed by atoms with Crippen LogP contribution < -0.4 is 4.74 Å². The van der Waals surface area contributed by atoms with Gasteiger partial charge in [0.05, 0.1) is 11.0 Å². The number of phenols is 1. The number of halogens is 1. The fourth-order valence-corrected chi connectivity index (χ4v) is 1.46. The number of ether oxygens (including phenoxy) is 1. The molecule has 0 saturated heterocycles. The van der Waals surface area contributed by atoms with Crippen molar-refractivity contribution in [1.29, 1.82) is 0 Å². The van der Waals surface area contributed by atoms with E-state index in [4.69, 9.17) is 16.3 Å². The Kier molecular flexibility index (Phi) is 3.34. The molecule has 0 aliphatic carbocycles. The SMILES string of the molecule is O=[N+]([O-])c1ccc(Oc2ccc(Cl)cc2)c(O)c1. The number of aromatic hydroxyl groups is 1. The molecule has 2 aromatic carbocycles. The number of hydrogen-bond acceptors (Lipinski definition) is 4. The van der Waals surface area contributed by atoms with Gasteiger partial charge in [-0.25, -0.2) is 0 Å². The van der Waals surface area contributed by atoms with E-state index in [0.29, 0.717) is 10.8 Å². The van der Waals surface area contributed by atoms with Gasteiger partial charge >= 0.3 is 0 Å². The summed E-state index contributed by atoms with van der Waals surface area (Å²) in [7, 11) is 0. The summed E-state index contributed by atoms with van der Waals surface area (Å²) in [6.07, 6.45) is 0. The topological polar surface area (TPSA) is 72.6 Å². The predicted octanol–water partition coefficient (Wildman–Crippen LogP) is 3.75. The Labute approximate surface area is 107 Å². The summed E-state index contributed by atoms with van der Waals surface area (Å²) in [5.74, 6) is 0.325. The van der Waals surface area contributed by atoms with Gasteiger partial charge in [-0.3, -0.25) is 10.1 Å². The minimum atomic E-state index is -0.591. The molecule has 2 aromatic rings. The maximum absolute atomic E-state index is 10.5. The molecular weight excluding hydrogens is 258 g/mol. The van der Waals surface area contributed by atoms with E-state index in [1.165, 1.54) is 12.1 Å². The van der Waals surface area contributed by atoms with Crippen LogP contribution in [0.2, 0.25) is 5.02 Å². The van der Waals surface area contributed by atoms with Crippen LogP contribution in [0.15, 0.2) is 42.5 Å². The van der Waals surface area contributed by atoms with Crippen molar-refractivity contribution in [1.82, 2.24) is 0 Å². The third-order valence-electron chi connectivity index (χ3n) is 2.19. The van der Waals surface area contributed by atoms with E-state index in [9.17, 15) is 15.2 Å². The number of benzene rings is 2. The Balaban J connectivity index is 2.24. The maximum atomic E-state index is 10.5. The van der Waals surface area contributed by atoms with Crippen molar-refractivity contribution in [2.75, 3.05) is 0 Å². The highest BCUT2D eigenvalue weighted by molar-refractivity contribution is 6.30. The summed E-state index contributed by atoms with van der Waals surface area (Å²) in [6, 6.07) is 10.2. The van der Waals surface area contributed by atoms with Crippen LogP contribution in [-0.2, 0) is 0 Å². The van der Waals surface area contributed by atoms with Crippen LogP contribution >= 0.6 is 11.6 Å². The lowest BCUT2D eigenvalue weighted by Gasteiger charge is -2.07. The third-order valence-corrected chi connectivity index (χ3v) is 2.45. The van der Waals surface area contributed by atoms with E-state index in [1.807, 2.05) is 0 Å². The lowest BCUT2D eigenvalue weighted by atomic mass is 10.3. The zero-order valence-corrected chi connectivity index (χ0v) is 9.79. The van der Waals surface area contributed by atoms with Crippen molar-refractivity contribution in [2.24, 2.45) is 0 Å². The second-order valence-corrected chi connectivity index (χ2v) is 3.90. The van der Waals surface area contributed by atoms with Crippen molar-refractivity contribution in [3.8, 4) is 17.2 Å². The van der Waals surface area contributed by atoms with E-state index in [1.54, 1.807) is 24.3 Å². The highest BCUT2D eigenvalue weighted by atomic mass is 35.5. The summed E-state index contributed by atoms with van der Waals surface area (Å²) < 4.78 is 5.37. The lowest BCUT2D eigenvalue weighted by Crippen LogP contribution is -1.89. The van der Waals surface area contributed by atoms with Crippen LogP contribution in [0, 0.1) is 10.1 Å². The first-order chi connectivity index (χ1) is 8.56. The van der Waals surface area contributed by atoms with Gasteiger partial charge in [-0.05, 0) is 30.3 Å². The van der Waals surface area contributed by atoms with E-state index < -0.39 is 4.92 Å². The Morgan fingerprint density at radius 3 is 2.39 bits per heavy atom. The molecule has 0 radical (unpaired) electrons. The lowest BCUT2D eigenvalue weighted by molar-refractivity contribution is -0.384. The highest BCUT2D eigenvalue weighted by Crippen LogP contribution is 2.33. The summed E-state index contributed by atoms with van der Waals surface area (Å²) >= 11 is 5.72. The zero-order chi connectivity index (χ0) is 13.1. The summed E-state index contributed by atoms with van der Waals surface area (Å²) in [4.78, 5) is 9.91. The Bertz CT molecular complexity index is 583. The molecule has 0 unspecified atom stereocenters. The standard InChI is InChI=1S/C12H8ClNO4/c13-8-1-4-10(5-2-8)18-12-6-3-9(14(16)17)7-11(12)15/h1-7,15H. The molecule has 2 rings (SSSR count). The molecule has 0 amide bonds. The molecule has 0 aromatic heterocycles. The molecule has 1 N–H and O–H groups in total. The maximum Gasteiger partial charge on any atom is 0.273 e. The molecule has 18 heavy (non-hydrogen) atoms. The Morgan fingerprint density at radius 2 is 1.83 bits per heavy atom. The second kappa shape index (κ2) is 4.93. The van der Waals surface area contributed by atoms with Crippen molar-refractivity contribution in [2.45, 2.75) is 0 Å². The van der Waals surface area contributed by atoms with Crippen LogP contribution in [0.4, 0.5) is 5.69 Å². The molecular formula is C12H8ClNO4. The molecule has 0 spiro atoms. The summed E-state index contributed by atoms with van der Waals surface area (Å²) in [5, 5.41) is 20.7. The number of hydrogen-bond donors (Lipinski definition) is 1. The highest BCUT2D eigenvalue weighted by Gasteiger charge is 2.11. The normalized spacial score (nSPS) is 10.1. The Hall–Kier alpha value is -2.27. The van der Waals surface area contributed by atoms with Gasteiger partial charge in [0.2, 0.25) is 0 Å². The molecule has 0 saturated carbocycles. The fraction of sp³-hybridized carbons (Fsp3) is 0. The molecule has 0 fully saturated rings. The number of nitrogens with zero attached hydrogens (tertiary/aromatic N) is 1. The van der Waals surface area contributed by atoms with Gasteiger partial charge < -0.3 is 9.84 Å². The van der Waals surface area contributed by atoms with Crippen molar-refractivity contribution < 1.29 is 14.8 Å². The van der Waals surface area contributed by atoms with Gasteiger partial charge in [0.1, 0.15) is 5.75 Å². The Morgan fingerprint density at radius 1 is 1.17 bits per heavy atom. The van der Waals surface area contributed by atoms with Gasteiger partial charge in [0, 0.05) is 11.1 Å². The number of nitro groups is 1. The molecule has 0 atom stereocenters. The predicted molar refractivity (Wildman–Crippen MR) is 66.3 cm³/mol. The van der Waals surface area contributed by atoms with Crippen molar-refractivity contribution >= 4 is 17.3 Å². The molecule has 0 heterocycles. The quantitative estimate of drug-likeness (QED) is 0.678. The number of rotatable bonds is 3. The zero-order valence-electron chi connectivity index (χ0n) is 9.04. The number of nitro benzene ring substituents is 1. The van der Waals surface area contributed by atoms with Gasteiger partial charge in [-0.15, -0.1) is 0 Å². The largest absolute Gasteiger partial charge is 0.504 e. The van der Waals surface area contributed by atoms with Crippen LogP contribution in [0.5, 0.6) is 17.2 Å². The number of phenolic OH excluding ortho intramolecular Hbond substituents is 1. The van der Waals surface area contributed by atoms with E-state index in [2.05, 4.69) is 0 Å². The molecule has 92 valence electrons. The minimum Gasteiger partial charge on any atom is -0.504 e. The molecule has 0 aliphatic rings. The molecule has 0 bridgehead atoms. The van der Waals surface area contributed by atoms with Crippen LogP contribution in [0.3, 0.4) is 0 Å². The first-order valence-electron chi connectivity index (χ1n) is 4.97. The monoisotopic (exact) mass is 265 g/mol. The van der Waals surface area contributed by atoms with E-state index >= 15 is 0 Å². The third kappa shape index (κ3) is 2.70. The fourth-order valence-electron chi connectivity index (χ4n) is 1.34. The smallest absolute Gasteiger partial charge is 0.273 e. The van der Waals surface area contributed by atoms with Crippen LogP contribution in [-0.4, -0.2) is 10.0 Å². The molecule has 6 heteroatoms. The summed E-state index contributed by atoms with van der Waals surface area (Å²) in [5.41, 5.74) is -0.198. The van der Waals surface area contributed by atoms with Gasteiger partial charge in [-0.1, -0.05) is 11.6 Å². The molecule has 0 aliphatic heterocycles. The van der Waals surface area contributed by atoms with Gasteiger partial charge in [0.25, 0.3) is 5.69 Å². The second-order valence-electron chi connectivity index (χ2n) is 3.47. The first kappa shape index (κ1) is 12.2. The minimum absolute atomic E-state index is 0.142. The first-order valence-corrected chi connectivity index (χ1v) is 5.35. The summed E-state index contributed by atoms with van der Waals surface area (Å²) in [6.45, 7) is 0. The van der Waals surface area contributed by atoms with Gasteiger partial charge in [0.15, 0.2) is 11.5 Å². The van der Waals surface area contributed by atoms with Crippen molar-refractivity contribution in [3.05, 3.63) is 57.6 Å². The average Bonchev–Trinajstić information content (AvgIpc) is 2.34. The van der Waals surface area contributed by atoms with E-state index in [0.717, 1.165) is 6.07 Å². The molecule has 5 nitrogen and oxygen atoms in total. The number of non-ortho nitro benzene ring substituents is 1. The van der Waals surface area contributed by atoms with Crippen LogP contribution in [0.25, 0.3) is 0 Å².